The normalized spacial score (nSPS) is 10.3. The van der Waals surface area contributed by atoms with Gasteiger partial charge in [0.2, 0.25) is 0 Å². The lowest BCUT2D eigenvalue weighted by atomic mass is 10.1. The van der Waals surface area contributed by atoms with Gasteiger partial charge in [-0.15, -0.1) is 12.6 Å². The third-order valence-corrected chi connectivity index (χ3v) is 3.42. The zero-order chi connectivity index (χ0) is 15.4. The van der Waals surface area contributed by atoms with Gasteiger partial charge in [-0.2, -0.15) is 0 Å². The Labute approximate surface area is 128 Å². The van der Waals surface area contributed by atoms with Crippen molar-refractivity contribution in [3.05, 3.63) is 27.2 Å². The highest BCUT2D eigenvalue weighted by Crippen LogP contribution is 2.33. The Hall–Kier alpha value is -1.15. The second kappa shape index (κ2) is 7.03. The predicted octanol–water partition coefficient (Wildman–Crippen LogP) is 3.37. The molecule has 110 valence electrons. The highest BCUT2D eigenvalue weighted by atomic mass is 79.9. The van der Waals surface area contributed by atoms with E-state index in [0.29, 0.717) is 0 Å². The van der Waals surface area contributed by atoms with Crippen LogP contribution in [0.5, 0.6) is 0 Å². The van der Waals surface area contributed by atoms with Crippen molar-refractivity contribution in [1.82, 2.24) is 0 Å². The molecule has 1 rings (SSSR count). The number of halogens is 3. The summed E-state index contributed by atoms with van der Waals surface area (Å²) < 4.78 is 36.9. The fourth-order valence-electron chi connectivity index (χ4n) is 1.42. The van der Waals surface area contributed by atoms with Crippen LogP contribution in [0.2, 0.25) is 0 Å². The first-order chi connectivity index (χ1) is 9.36. The number of thiol groups is 1. The van der Waals surface area contributed by atoms with Crippen molar-refractivity contribution in [3.63, 3.8) is 0 Å². The minimum atomic E-state index is -1.15. The lowest BCUT2D eigenvalue weighted by Crippen LogP contribution is -2.16. The number of esters is 2. The van der Waals surface area contributed by atoms with Gasteiger partial charge in [-0.05, 0) is 29.8 Å². The molecule has 8 heteroatoms. The van der Waals surface area contributed by atoms with E-state index in [-0.39, 0.29) is 13.2 Å². The van der Waals surface area contributed by atoms with Crippen LogP contribution >= 0.6 is 28.6 Å². The Morgan fingerprint density at radius 1 is 1.05 bits per heavy atom. The van der Waals surface area contributed by atoms with Crippen LogP contribution in [-0.2, 0) is 9.47 Å². The molecule has 1 aromatic rings. The van der Waals surface area contributed by atoms with Crippen molar-refractivity contribution < 1.29 is 27.8 Å². The van der Waals surface area contributed by atoms with E-state index in [2.05, 4.69) is 38.0 Å². The second-order valence-corrected chi connectivity index (χ2v) is 4.72. The zero-order valence-electron chi connectivity index (χ0n) is 10.6. The molecule has 0 aliphatic heterocycles. The highest BCUT2D eigenvalue weighted by Gasteiger charge is 2.30. The number of hydrogen-bond donors (Lipinski definition) is 1. The molecule has 0 aromatic heterocycles. The standard InChI is InChI=1S/C12H11BrF2O4S/c1-3-18-11(16)5-7(13)8(14)6(10(20)9(5)15)12(17)19-4-2/h20H,3-4H2,1-2H3. The Morgan fingerprint density at radius 3 is 1.95 bits per heavy atom. The maximum Gasteiger partial charge on any atom is 0.342 e. The van der Waals surface area contributed by atoms with E-state index in [1.165, 1.54) is 13.8 Å². The summed E-state index contributed by atoms with van der Waals surface area (Å²) in [5.41, 5.74) is -1.32. The van der Waals surface area contributed by atoms with Crippen LogP contribution < -0.4 is 0 Å². The van der Waals surface area contributed by atoms with Gasteiger partial charge in [0.05, 0.1) is 22.6 Å². The van der Waals surface area contributed by atoms with Gasteiger partial charge in [-0.25, -0.2) is 18.4 Å². The molecule has 0 saturated carbocycles. The van der Waals surface area contributed by atoms with Crippen molar-refractivity contribution >= 4 is 40.5 Å². The molecule has 0 aliphatic rings. The van der Waals surface area contributed by atoms with E-state index in [4.69, 9.17) is 0 Å². The topological polar surface area (TPSA) is 52.6 Å². The molecule has 0 radical (unpaired) electrons. The molecule has 0 amide bonds. The van der Waals surface area contributed by atoms with Gasteiger partial charge in [-0.1, -0.05) is 0 Å². The highest BCUT2D eigenvalue weighted by molar-refractivity contribution is 9.10. The SMILES string of the molecule is CCOC(=O)c1c(F)c(Br)c(C(=O)OCC)c(F)c1S. The molecule has 0 aliphatic carbocycles. The Bertz CT molecular complexity index is 485. The van der Waals surface area contributed by atoms with Crippen LogP contribution in [0.1, 0.15) is 34.6 Å². The number of hydrogen-bond acceptors (Lipinski definition) is 5. The lowest BCUT2D eigenvalue weighted by molar-refractivity contribution is 0.0496. The van der Waals surface area contributed by atoms with Gasteiger partial charge < -0.3 is 9.47 Å². The maximum absolute atomic E-state index is 14.1. The number of carbonyl (C=O) groups is 2. The van der Waals surface area contributed by atoms with E-state index < -0.39 is 44.1 Å². The third-order valence-electron chi connectivity index (χ3n) is 2.25. The quantitative estimate of drug-likeness (QED) is 0.502. The second-order valence-electron chi connectivity index (χ2n) is 3.48. The van der Waals surface area contributed by atoms with Crippen LogP contribution in [-0.4, -0.2) is 25.2 Å². The van der Waals surface area contributed by atoms with Gasteiger partial charge in [0.15, 0.2) is 11.6 Å². The summed E-state index contributed by atoms with van der Waals surface area (Å²) in [6.07, 6.45) is 0. The number of rotatable bonds is 4. The fourth-order valence-corrected chi connectivity index (χ4v) is 2.26. The molecule has 0 heterocycles. The van der Waals surface area contributed by atoms with Crippen molar-refractivity contribution in [1.29, 1.82) is 0 Å². The minimum Gasteiger partial charge on any atom is -0.462 e. The fraction of sp³-hybridized carbons (Fsp3) is 0.333. The van der Waals surface area contributed by atoms with Crippen LogP contribution in [0.25, 0.3) is 0 Å². The smallest absolute Gasteiger partial charge is 0.342 e. The summed E-state index contributed by atoms with van der Waals surface area (Å²) in [4.78, 5) is 22.6. The Balaban J connectivity index is 3.49. The van der Waals surface area contributed by atoms with Crippen LogP contribution in [0, 0.1) is 11.6 Å². The maximum atomic E-state index is 14.1. The summed E-state index contributed by atoms with van der Waals surface area (Å²) >= 11 is 6.50. The van der Waals surface area contributed by atoms with Crippen molar-refractivity contribution in [3.8, 4) is 0 Å². The van der Waals surface area contributed by atoms with E-state index in [9.17, 15) is 18.4 Å². The van der Waals surface area contributed by atoms with Crippen molar-refractivity contribution in [2.45, 2.75) is 18.7 Å². The van der Waals surface area contributed by atoms with E-state index in [1.807, 2.05) is 0 Å². The van der Waals surface area contributed by atoms with Crippen LogP contribution in [0.3, 0.4) is 0 Å². The average molecular weight is 369 g/mol. The van der Waals surface area contributed by atoms with E-state index in [0.717, 1.165) is 0 Å². The molecule has 0 saturated heterocycles. The summed E-state index contributed by atoms with van der Waals surface area (Å²) in [7, 11) is 0. The van der Waals surface area contributed by atoms with E-state index in [1.54, 1.807) is 0 Å². The molecule has 0 fully saturated rings. The van der Waals surface area contributed by atoms with Crippen LogP contribution in [0.4, 0.5) is 8.78 Å². The summed E-state index contributed by atoms with van der Waals surface area (Å²) in [6, 6.07) is 0. The molecule has 0 atom stereocenters. The molecule has 4 nitrogen and oxygen atoms in total. The van der Waals surface area contributed by atoms with Gasteiger partial charge in [0, 0.05) is 0 Å². The molecular formula is C12H11BrF2O4S. The van der Waals surface area contributed by atoms with Gasteiger partial charge >= 0.3 is 11.9 Å². The molecule has 0 spiro atoms. The first-order valence-electron chi connectivity index (χ1n) is 5.60. The largest absolute Gasteiger partial charge is 0.462 e. The van der Waals surface area contributed by atoms with Crippen molar-refractivity contribution in [2.75, 3.05) is 13.2 Å². The number of benzene rings is 1. The van der Waals surface area contributed by atoms with Crippen LogP contribution in [0.15, 0.2) is 9.37 Å². The minimum absolute atomic E-state index is 0.00609. The average Bonchev–Trinajstić information content (AvgIpc) is 2.37. The van der Waals surface area contributed by atoms with Gasteiger partial charge in [0.1, 0.15) is 11.1 Å². The monoisotopic (exact) mass is 368 g/mol. The number of ether oxygens (including phenoxy) is 2. The summed E-state index contributed by atoms with van der Waals surface area (Å²) in [6.45, 7) is 3.03. The molecule has 0 unspecified atom stereocenters. The van der Waals surface area contributed by atoms with Gasteiger partial charge in [-0.3, -0.25) is 0 Å². The molecule has 0 bridgehead atoms. The third kappa shape index (κ3) is 3.12. The van der Waals surface area contributed by atoms with E-state index >= 15 is 0 Å². The first-order valence-corrected chi connectivity index (χ1v) is 6.84. The Morgan fingerprint density at radius 2 is 1.50 bits per heavy atom. The van der Waals surface area contributed by atoms with Crippen molar-refractivity contribution in [2.24, 2.45) is 0 Å². The summed E-state index contributed by atoms with van der Waals surface area (Å²) in [5.74, 6) is -4.40. The molecule has 20 heavy (non-hydrogen) atoms. The first kappa shape index (κ1) is 16.9. The lowest BCUT2D eigenvalue weighted by Gasteiger charge is -2.13. The number of carbonyl (C=O) groups excluding carboxylic acids is 2. The summed E-state index contributed by atoms with van der Waals surface area (Å²) in [5, 5.41) is 0. The Kier molecular flexibility index (Phi) is 5.94. The predicted molar refractivity (Wildman–Crippen MR) is 73.2 cm³/mol. The molecule has 1 aromatic carbocycles. The molecular weight excluding hydrogens is 358 g/mol. The van der Waals surface area contributed by atoms with Gasteiger partial charge in [0.25, 0.3) is 0 Å². The zero-order valence-corrected chi connectivity index (χ0v) is 13.1. The molecule has 0 N–H and O–H groups in total.